The van der Waals surface area contributed by atoms with Crippen LogP contribution in [0.15, 0.2) is 0 Å². The molecule has 0 spiro atoms. The van der Waals surface area contributed by atoms with Crippen molar-refractivity contribution in [3.63, 3.8) is 0 Å². The molecule has 0 bridgehead atoms. The van der Waals surface area contributed by atoms with Gasteiger partial charge in [-0.15, -0.1) is 0 Å². The molecule has 17 heavy (non-hydrogen) atoms. The van der Waals surface area contributed by atoms with E-state index in [-0.39, 0.29) is 0 Å². The van der Waals surface area contributed by atoms with Gasteiger partial charge >= 0.3 is 0 Å². The molecule has 1 atom stereocenters. The van der Waals surface area contributed by atoms with Gasteiger partial charge in [-0.25, -0.2) is 12.7 Å². The van der Waals surface area contributed by atoms with Crippen LogP contribution in [-0.4, -0.2) is 44.2 Å². The summed E-state index contributed by atoms with van der Waals surface area (Å²) in [5, 5.41) is 3.43. The largest absolute Gasteiger partial charge is 0.314 e. The summed E-state index contributed by atoms with van der Waals surface area (Å²) in [5.74, 6) is 0.906. The van der Waals surface area contributed by atoms with E-state index in [9.17, 15) is 8.42 Å². The molecule has 0 aromatic heterocycles. The number of sulfonamides is 1. The minimum absolute atomic E-state index is 0.292. The molecule has 4 nitrogen and oxygen atoms in total. The van der Waals surface area contributed by atoms with Gasteiger partial charge in [-0.1, -0.05) is 13.8 Å². The summed E-state index contributed by atoms with van der Waals surface area (Å²) in [6.07, 6.45) is 2.67. The smallest absolute Gasteiger partial charge is 0.214 e. The number of nitrogens with one attached hydrogen (secondary N) is 1. The van der Waals surface area contributed by atoms with Crippen molar-refractivity contribution in [2.24, 2.45) is 5.92 Å². The Morgan fingerprint density at radius 1 is 1.29 bits per heavy atom. The van der Waals surface area contributed by atoms with Crippen molar-refractivity contribution in [3.05, 3.63) is 0 Å². The summed E-state index contributed by atoms with van der Waals surface area (Å²) in [7, 11) is -2.98. The first-order valence-corrected chi connectivity index (χ1v) is 8.33. The normalized spacial score (nSPS) is 21.6. The van der Waals surface area contributed by atoms with Crippen LogP contribution >= 0.6 is 0 Å². The van der Waals surface area contributed by atoms with Crippen molar-refractivity contribution in [3.8, 4) is 0 Å². The standard InChI is InChI=1S/C12H26N2O2S/c1-4-10-17(15,16)14-8-6-12(7-9-14)11(3)13-5-2/h11-13H,4-10H2,1-3H3. The fourth-order valence-corrected chi connectivity index (χ4v) is 4.07. The first-order chi connectivity index (χ1) is 8.01. The molecule has 0 amide bonds. The lowest BCUT2D eigenvalue weighted by Gasteiger charge is -2.34. The third-order valence-corrected chi connectivity index (χ3v) is 5.66. The highest BCUT2D eigenvalue weighted by molar-refractivity contribution is 7.89. The second-order valence-corrected chi connectivity index (χ2v) is 6.99. The van der Waals surface area contributed by atoms with E-state index < -0.39 is 10.0 Å². The van der Waals surface area contributed by atoms with Gasteiger partial charge in [0.05, 0.1) is 5.75 Å². The molecule has 1 fully saturated rings. The minimum atomic E-state index is -2.98. The van der Waals surface area contributed by atoms with Crippen molar-refractivity contribution in [1.82, 2.24) is 9.62 Å². The molecule has 102 valence electrons. The third kappa shape index (κ3) is 4.23. The van der Waals surface area contributed by atoms with E-state index in [1.807, 2.05) is 6.92 Å². The molecule has 5 heteroatoms. The number of rotatable bonds is 6. The lowest BCUT2D eigenvalue weighted by Crippen LogP contribution is -2.44. The second-order valence-electron chi connectivity index (χ2n) is 4.90. The molecule has 1 rings (SSSR count). The molecule has 0 aromatic rings. The lowest BCUT2D eigenvalue weighted by molar-refractivity contribution is 0.233. The van der Waals surface area contributed by atoms with Crippen LogP contribution in [0.25, 0.3) is 0 Å². The fourth-order valence-electron chi connectivity index (χ4n) is 2.53. The first-order valence-electron chi connectivity index (χ1n) is 6.72. The van der Waals surface area contributed by atoms with Crippen LogP contribution in [0.1, 0.15) is 40.0 Å². The number of piperidine rings is 1. The number of hydrogen-bond donors (Lipinski definition) is 1. The molecule has 0 aliphatic carbocycles. The van der Waals surface area contributed by atoms with E-state index in [4.69, 9.17) is 0 Å². The van der Waals surface area contributed by atoms with Gasteiger partial charge in [0, 0.05) is 19.1 Å². The monoisotopic (exact) mass is 262 g/mol. The highest BCUT2D eigenvalue weighted by Gasteiger charge is 2.29. The predicted octanol–water partition coefficient (Wildman–Crippen LogP) is 1.44. The van der Waals surface area contributed by atoms with Crippen LogP contribution in [0.3, 0.4) is 0 Å². The maximum Gasteiger partial charge on any atom is 0.214 e. The number of nitrogens with zero attached hydrogens (tertiary/aromatic N) is 1. The topological polar surface area (TPSA) is 49.4 Å². The Balaban J connectivity index is 2.45. The quantitative estimate of drug-likeness (QED) is 0.788. The third-order valence-electron chi connectivity index (χ3n) is 3.59. The molecule has 0 saturated carbocycles. The fraction of sp³-hybridized carbons (Fsp3) is 1.00. The summed E-state index contributed by atoms with van der Waals surface area (Å²) in [6.45, 7) is 8.60. The Morgan fingerprint density at radius 2 is 1.88 bits per heavy atom. The van der Waals surface area contributed by atoms with Crippen LogP contribution in [0.4, 0.5) is 0 Å². The summed E-state index contributed by atoms with van der Waals surface area (Å²) >= 11 is 0. The van der Waals surface area contributed by atoms with Crippen LogP contribution in [-0.2, 0) is 10.0 Å². The van der Waals surface area contributed by atoms with Gasteiger partial charge < -0.3 is 5.32 Å². The first kappa shape index (κ1) is 14.9. The molecular weight excluding hydrogens is 236 g/mol. The van der Waals surface area contributed by atoms with E-state index >= 15 is 0 Å². The Hall–Kier alpha value is -0.130. The lowest BCUT2D eigenvalue weighted by atomic mass is 9.91. The molecule has 1 heterocycles. The molecule has 1 saturated heterocycles. The van der Waals surface area contributed by atoms with Crippen molar-refractivity contribution in [2.45, 2.75) is 46.1 Å². The summed E-state index contributed by atoms with van der Waals surface area (Å²) in [5.41, 5.74) is 0. The maximum atomic E-state index is 11.9. The zero-order valence-corrected chi connectivity index (χ0v) is 12.1. The maximum absolute atomic E-state index is 11.9. The van der Waals surface area contributed by atoms with Gasteiger partial charge in [-0.05, 0) is 38.6 Å². The van der Waals surface area contributed by atoms with Gasteiger partial charge in [0.25, 0.3) is 0 Å². The molecule has 1 N–H and O–H groups in total. The SMILES string of the molecule is CCCS(=O)(=O)N1CCC(C(C)NCC)CC1. The van der Waals surface area contributed by atoms with Crippen LogP contribution in [0.5, 0.6) is 0 Å². The van der Waals surface area contributed by atoms with E-state index in [2.05, 4.69) is 19.2 Å². The summed E-state index contributed by atoms with van der Waals surface area (Å²) in [6, 6.07) is 0.496. The Bertz CT molecular complexity index is 308. The molecule has 0 aromatic carbocycles. The van der Waals surface area contributed by atoms with E-state index in [1.54, 1.807) is 4.31 Å². The Labute approximate surface area is 106 Å². The Morgan fingerprint density at radius 3 is 2.35 bits per heavy atom. The molecule has 1 unspecified atom stereocenters. The average molecular weight is 262 g/mol. The molecule has 0 radical (unpaired) electrons. The van der Waals surface area contributed by atoms with Gasteiger partial charge in [-0.3, -0.25) is 0 Å². The highest BCUT2D eigenvalue weighted by Crippen LogP contribution is 2.22. The van der Waals surface area contributed by atoms with E-state index in [1.165, 1.54) is 0 Å². The molecular formula is C12H26N2O2S. The zero-order chi connectivity index (χ0) is 12.9. The van der Waals surface area contributed by atoms with Crippen molar-refractivity contribution >= 4 is 10.0 Å². The van der Waals surface area contributed by atoms with Crippen LogP contribution < -0.4 is 5.32 Å². The van der Waals surface area contributed by atoms with Gasteiger partial charge in [0.2, 0.25) is 10.0 Å². The van der Waals surface area contributed by atoms with Crippen molar-refractivity contribution in [2.75, 3.05) is 25.4 Å². The van der Waals surface area contributed by atoms with Crippen molar-refractivity contribution in [1.29, 1.82) is 0 Å². The van der Waals surface area contributed by atoms with Crippen LogP contribution in [0, 0.1) is 5.92 Å². The van der Waals surface area contributed by atoms with E-state index in [0.717, 1.165) is 19.4 Å². The summed E-state index contributed by atoms with van der Waals surface area (Å²) in [4.78, 5) is 0. The Kier molecular flexibility index (Phi) is 5.89. The average Bonchev–Trinajstić information content (AvgIpc) is 2.29. The molecule has 1 aliphatic rings. The van der Waals surface area contributed by atoms with Gasteiger partial charge in [0.1, 0.15) is 0 Å². The van der Waals surface area contributed by atoms with Gasteiger partial charge in [0.15, 0.2) is 0 Å². The van der Waals surface area contributed by atoms with E-state index in [0.29, 0.717) is 37.2 Å². The molecule has 1 aliphatic heterocycles. The predicted molar refractivity (Wildman–Crippen MR) is 71.5 cm³/mol. The second kappa shape index (κ2) is 6.71. The van der Waals surface area contributed by atoms with Gasteiger partial charge in [-0.2, -0.15) is 0 Å². The van der Waals surface area contributed by atoms with Crippen LogP contribution in [0.2, 0.25) is 0 Å². The highest BCUT2D eigenvalue weighted by atomic mass is 32.2. The van der Waals surface area contributed by atoms with Crippen molar-refractivity contribution < 1.29 is 8.42 Å². The zero-order valence-electron chi connectivity index (χ0n) is 11.3. The summed E-state index contributed by atoms with van der Waals surface area (Å²) < 4.78 is 25.5. The minimum Gasteiger partial charge on any atom is -0.314 e. The number of hydrogen-bond acceptors (Lipinski definition) is 3.